The number of nitrogens with zero attached hydrogens (tertiary/aromatic N) is 9. The van der Waals surface area contributed by atoms with Crippen molar-refractivity contribution in [3.63, 3.8) is 0 Å². The summed E-state index contributed by atoms with van der Waals surface area (Å²) in [5, 5.41) is 0. The molecule has 0 aliphatic heterocycles. The minimum absolute atomic E-state index is 0.747. The molecule has 0 bridgehead atoms. The second-order valence-corrected chi connectivity index (χ2v) is 16.1. The van der Waals surface area contributed by atoms with Crippen LogP contribution in [0.5, 0.6) is 0 Å². The molecule has 0 aliphatic carbocycles. The summed E-state index contributed by atoms with van der Waals surface area (Å²) in [5.74, 6) is 2.25. The zero-order chi connectivity index (χ0) is 40.8. The van der Waals surface area contributed by atoms with Gasteiger partial charge in [0, 0.05) is 53.9 Å². The fourth-order valence-corrected chi connectivity index (χ4v) is 8.44. The number of hydrogen-bond acceptors (Lipinski definition) is 6. The number of fused-ring (bicyclic) bond motifs is 12. The van der Waals surface area contributed by atoms with E-state index in [2.05, 4.69) is 221 Å². The molecule has 9 heteroatoms. The molecule has 0 saturated heterocycles. The van der Waals surface area contributed by atoms with Gasteiger partial charge in [-0.1, -0.05) is 70.8 Å². The average Bonchev–Trinajstić information content (AvgIpc) is 3.96. The molecule has 0 radical (unpaired) electrons. The third kappa shape index (κ3) is 5.65. The van der Waals surface area contributed by atoms with E-state index >= 15 is 0 Å². The first-order valence-corrected chi connectivity index (χ1v) is 20.3. The Hall–Kier alpha value is -7.65. The van der Waals surface area contributed by atoms with Gasteiger partial charge in [-0.2, -0.15) is 0 Å². The number of rotatable bonds is 7. The van der Waals surface area contributed by atoms with Gasteiger partial charge in [0.15, 0.2) is 0 Å². The van der Waals surface area contributed by atoms with Crippen molar-refractivity contribution in [3.8, 4) is 0 Å². The molecule has 0 saturated carbocycles. The summed E-state index contributed by atoms with van der Waals surface area (Å²) in [6, 6.07) is 54.1. The van der Waals surface area contributed by atoms with Crippen LogP contribution in [0.4, 0.5) is 39.8 Å². The third-order valence-electron chi connectivity index (χ3n) is 11.9. The number of hydrogen-bond donors (Lipinski definition) is 0. The summed E-state index contributed by atoms with van der Waals surface area (Å²) in [4.78, 5) is 22.9. The predicted molar refractivity (Wildman–Crippen MR) is 248 cm³/mol. The summed E-state index contributed by atoms with van der Waals surface area (Å²) in [5.41, 5.74) is 17.9. The maximum Gasteiger partial charge on any atom is 0.225 e. The lowest BCUT2D eigenvalue weighted by Crippen LogP contribution is -2.10. The molecule has 0 N–H and O–H groups in total. The fraction of sp³-hybridized carbons (Fsp3) is 0.118. The Kier molecular flexibility index (Phi) is 7.96. The molecule has 0 amide bonds. The molecule has 11 aromatic rings. The quantitative estimate of drug-likeness (QED) is 0.160. The number of benzene rings is 7. The second kappa shape index (κ2) is 13.5. The van der Waals surface area contributed by atoms with E-state index < -0.39 is 0 Å². The standard InChI is InChI=1S/C51H43N9/c1-32-7-15-36(16-8-32)55(5)40-23-26-46-43(29-40)53-50-58(46)49-52-44-30-41(56(6)37-17-9-33(2)10-18-37)24-27-47(44)59(49)51-54-45-31-42(25-28-48(45)60(50)51)57(38-19-11-34(3)12-20-38)39-21-13-35(4)14-22-39/h7-31H,1-6H3. The summed E-state index contributed by atoms with van der Waals surface area (Å²) in [6.07, 6.45) is 0. The normalized spacial score (nSPS) is 11.8. The number of aromatic nitrogens is 6. The molecular weight excluding hydrogens is 739 g/mol. The van der Waals surface area contributed by atoms with Crippen molar-refractivity contribution in [3.05, 3.63) is 174 Å². The highest BCUT2D eigenvalue weighted by Gasteiger charge is 2.23. The Morgan fingerprint density at radius 1 is 0.317 bits per heavy atom. The minimum Gasteiger partial charge on any atom is -0.345 e. The Bertz CT molecular complexity index is 3330. The van der Waals surface area contributed by atoms with Crippen LogP contribution in [0.2, 0.25) is 0 Å². The van der Waals surface area contributed by atoms with Gasteiger partial charge in [-0.25, -0.2) is 28.2 Å². The molecule has 0 aliphatic rings. The Morgan fingerprint density at radius 3 is 0.917 bits per heavy atom. The highest BCUT2D eigenvalue weighted by atomic mass is 15.3. The first-order chi connectivity index (χ1) is 29.2. The van der Waals surface area contributed by atoms with E-state index in [1.165, 1.54) is 22.3 Å². The van der Waals surface area contributed by atoms with E-state index in [-0.39, 0.29) is 0 Å². The number of imidazole rings is 3. The first kappa shape index (κ1) is 35.5. The van der Waals surface area contributed by atoms with Crippen molar-refractivity contribution < 1.29 is 0 Å². The monoisotopic (exact) mass is 781 g/mol. The third-order valence-corrected chi connectivity index (χ3v) is 11.9. The lowest BCUT2D eigenvalue weighted by molar-refractivity contribution is 1.01. The lowest BCUT2D eigenvalue weighted by Gasteiger charge is -2.25. The molecule has 7 aromatic carbocycles. The molecular formula is C51H43N9. The number of anilines is 7. The van der Waals surface area contributed by atoms with Crippen LogP contribution in [0.3, 0.4) is 0 Å². The zero-order valence-corrected chi connectivity index (χ0v) is 34.5. The summed E-state index contributed by atoms with van der Waals surface area (Å²) < 4.78 is 6.55. The molecule has 0 fully saturated rings. The Balaban J connectivity index is 1.16. The van der Waals surface area contributed by atoms with Crippen molar-refractivity contribution in [2.45, 2.75) is 27.7 Å². The van der Waals surface area contributed by atoms with E-state index in [0.717, 1.165) is 90.2 Å². The predicted octanol–water partition coefficient (Wildman–Crippen LogP) is 12.3. The Labute approximate surface area is 347 Å². The van der Waals surface area contributed by atoms with Crippen LogP contribution in [0.15, 0.2) is 152 Å². The molecule has 4 heterocycles. The molecule has 11 rings (SSSR count). The molecule has 0 unspecified atom stereocenters. The van der Waals surface area contributed by atoms with Crippen LogP contribution >= 0.6 is 0 Å². The molecule has 0 spiro atoms. The average molecular weight is 782 g/mol. The van der Waals surface area contributed by atoms with Crippen molar-refractivity contribution >= 4 is 90.2 Å². The van der Waals surface area contributed by atoms with Gasteiger partial charge in [0.1, 0.15) is 0 Å². The molecule has 292 valence electrons. The molecule has 60 heavy (non-hydrogen) atoms. The van der Waals surface area contributed by atoms with Crippen molar-refractivity contribution in [1.29, 1.82) is 0 Å². The smallest absolute Gasteiger partial charge is 0.225 e. The maximum absolute atomic E-state index is 5.44. The van der Waals surface area contributed by atoms with Crippen LogP contribution in [0.1, 0.15) is 22.3 Å². The van der Waals surface area contributed by atoms with Crippen LogP contribution in [-0.4, -0.2) is 42.2 Å². The van der Waals surface area contributed by atoms with Gasteiger partial charge >= 0.3 is 0 Å². The van der Waals surface area contributed by atoms with Crippen LogP contribution in [0, 0.1) is 27.7 Å². The first-order valence-electron chi connectivity index (χ1n) is 20.3. The van der Waals surface area contributed by atoms with Gasteiger partial charge in [0.05, 0.1) is 33.1 Å². The van der Waals surface area contributed by atoms with E-state index in [0.29, 0.717) is 0 Å². The fourth-order valence-electron chi connectivity index (χ4n) is 8.44. The van der Waals surface area contributed by atoms with E-state index in [1.807, 2.05) is 0 Å². The van der Waals surface area contributed by atoms with Gasteiger partial charge < -0.3 is 14.7 Å². The summed E-state index contributed by atoms with van der Waals surface area (Å²) in [6.45, 7) is 8.46. The van der Waals surface area contributed by atoms with Crippen molar-refractivity contribution in [2.24, 2.45) is 0 Å². The zero-order valence-electron chi connectivity index (χ0n) is 34.5. The minimum atomic E-state index is 0.747. The van der Waals surface area contributed by atoms with Crippen molar-refractivity contribution in [2.75, 3.05) is 28.8 Å². The van der Waals surface area contributed by atoms with Gasteiger partial charge in [-0.05, 0) is 131 Å². The molecule has 9 nitrogen and oxygen atoms in total. The van der Waals surface area contributed by atoms with E-state index in [1.54, 1.807) is 0 Å². The lowest BCUT2D eigenvalue weighted by atomic mass is 10.1. The SMILES string of the molecule is Cc1ccc(N(C)c2ccc3c(c2)nc2n3c3nc4cc(N(C)c5ccc(C)cc5)ccc4n3c3nc4cc(N(c5ccc(C)cc5)c5ccc(C)cc5)ccc4n23)cc1. The van der Waals surface area contributed by atoms with E-state index in [9.17, 15) is 0 Å². The van der Waals surface area contributed by atoms with Gasteiger partial charge in [0.2, 0.25) is 17.3 Å². The number of aryl methyl sites for hydroxylation is 4. The van der Waals surface area contributed by atoms with Gasteiger partial charge in [-0.15, -0.1) is 0 Å². The van der Waals surface area contributed by atoms with Crippen molar-refractivity contribution in [1.82, 2.24) is 28.2 Å². The molecule has 4 aromatic heterocycles. The van der Waals surface area contributed by atoms with Crippen LogP contribution in [-0.2, 0) is 0 Å². The highest BCUT2D eigenvalue weighted by Crippen LogP contribution is 2.38. The molecule has 0 atom stereocenters. The van der Waals surface area contributed by atoms with E-state index in [4.69, 9.17) is 15.0 Å². The summed E-state index contributed by atoms with van der Waals surface area (Å²) in [7, 11) is 4.20. The largest absolute Gasteiger partial charge is 0.345 e. The topological polar surface area (TPSA) is 61.6 Å². The highest BCUT2D eigenvalue weighted by molar-refractivity contribution is 5.95. The Morgan fingerprint density at radius 2 is 0.583 bits per heavy atom. The summed E-state index contributed by atoms with van der Waals surface area (Å²) >= 11 is 0. The maximum atomic E-state index is 5.44. The van der Waals surface area contributed by atoms with Crippen LogP contribution < -0.4 is 14.7 Å². The van der Waals surface area contributed by atoms with Gasteiger partial charge in [0.25, 0.3) is 0 Å². The second-order valence-electron chi connectivity index (χ2n) is 16.1. The van der Waals surface area contributed by atoms with Crippen LogP contribution in [0.25, 0.3) is 50.4 Å². The van der Waals surface area contributed by atoms with Gasteiger partial charge in [-0.3, -0.25) is 0 Å².